The van der Waals surface area contributed by atoms with Gasteiger partial charge in [-0.05, 0) is 37.3 Å². The Bertz CT molecular complexity index is 497. The number of benzene rings is 2. The van der Waals surface area contributed by atoms with Crippen molar-refractivity contribution in [1.29, 1.82) is 0 Å². The van der Waals surface area contributed by atoms with Crippen LogP contribution in [0.2, 0.25) is 0 Å². The Morgan fingerprint density at radius 1 is 1.12 bits per heavy atom. The highest BCUT2D eigenvalue weighted by Gasteiger charge is 2.10. The van der Waals surface area contributed by atoms with Gasteiger partial charge in [0.2, 0.25) is 0 Å². The van der Waals surface area contributed by atoms with E-state index in [1.165, 1.54) is 0 Å². The molecular formula is C14H15BrN2. The Labute approximate surface area is 110 Å². The first-order chi connectivity index (χ1) is 8.22. The van der Waals surface area contributed by atoms with Crippen molar-refractivity contribution in [2.75, 3.05) is 17.2 Å². The molecule has 2 aromatic carbocycles. The second-order valence-electron chi connectivity index (χ2n) is 3.78. The highest BCUT2D eigenvalue weighted by Crippen LogP contribution is 2.32. The quantitative estimate of drug-likeness (QED) is 0.859. The van der Waals surface area contributed by atoms with Crippen LogP contribution in [0.25, 0.3) is 0 Å². The highest BCUT2D eigenvalue weighted by atomic mass is 79.9. The molecule has 3 heteroatoms. The average molecular weight is 291 g/mol. The molecule has 2 aromatic rings. The van der Waals surface area contributed by atoms with Gasteiger partial charge in [0.05, 0.1) is 11.4 Å². The summed E-state index contributed by atoms with van der Waals surface area (Å²) in [7, 11) is 0. The largest absolute Gasteiger partial charge is 0.397 e. The summed E-state index contributed by atoms with van der Waals surface area (Å²) in [6, 6.07) is 16.2. The summed E-state index contributed by atoms with van der Waals surface area (Å²) in [6.45, 7) is 3.00. The summed E-state index contributed by atoms with van der Waals surface area (Å²) in [6.07, 6.45) is 0. The molecule has 0 aliphatic carbocycles. The van der Waals surface area contributed by atoms with Crippen LogP contribution in [0.1, 0.15) is 6.92 Å². The first kappa shape index (κ1) is 12.0. The molecule has 2 rings (SSSR count). The molecule has 0 aliphatic heterocycles. The summed E-state index contributed by atoms with van der Waals surface area (Å²) in [4.78, 5) is 2.19. The van der Waals surface area contributed by atoms with E-state index in [-0.39, 0.29) is 0 Å². The Kier molecular flexibility index (Phi) is 3.69. The molecule has 0 spiro atoms. The second kappa shape index (κ2) is 5.23. The van der Waals surface area contributed by atoms with E-state index < -0.39 is 0 Å². The first-order valence-corrected chi connectivity index (χ1v) is 6.39. The van der Waals surface area contributed by atoms with Crippen molar-refractivity contribution in [3.63, 3.8) is 0 Å². The van der Waals surface area contributed by atoms with Crippen LogP contribution in [-0.2, 0) is 0 Å². The molecular weight excluding hydrogens is 276 g/mol. The highest BCUT2D eigenvalue weighted by molar-refractivity contribution is 9.10. The normalized spacial score (nSPS) is 10.2. The molecule has 2 nitrogen and oxygen atoms in total. The molecule has 0 unspecified atom stereocenters. The van der Waals surface area contributed by atoms with Gasteiger partial charge in [-0.25, -0.2) is 0 Å². The Balaban J connectivity index is 2.46. The van der Waals surface area contributed by atoms with Gasteiger partial charge < -0.3 is 10.6 Å². The fourth-order valence-electron chi connectivity index (χ4n) is 1.85. The summed E-state index contributed by atoms with van der Waals surface area (Å²) < 4.78 is 1.04. The van der Waals surface area contributed by atoms with Crippen molar-refractivity contribution in [2.24, 2.45) is 0 Å². The summed E-state index contributed by atoms with van der Waals surface area (Å²) >= 11 is 3.48. The van der Waals surface area contributed by atoms with Gasteiger partial charge in [-0.3, -0.25) is 0 Å². The zero-order chi connectivity index (χ0) is 12.3. The van der Waals surface area contributed by atoms with Crippen molar-refractivity contribution in [1.82, 2.24) is 0 Å². The predicted octanol–water partition coefficient (Wildman–Crippen LogP) is 4.19. The molecule has 0 saturated heterocycles. The van der Waals surface area contributed by atoms with Gasteiger partial charge in [-0.2, -0.15) is 0 Å². The van der Waals surface area contributed by atoms with Gasteiger partial charge in [0, 0.05) is 16.7 Å². The van der Waals surface area contributed by atoms with Crippen molar-refractivity contribution < 1.29 is 0 Å². The van der Waals surface area contributed by atoms with Gasteiger partial charge in [-0.15, -0.1) is 0 Å². The van der Waals surface area contributed by atoms with Crippen LogP contribution < -0.4 is 10.6 Å². The standard InChI is InChI=1S/C14H15BrN2/c1-2-17(12-6-4-3-5-7-12)14-10-11(15)8-9-13(14)16/h3-10H,2,16H2,1H3. The molecule has 0 saturated carbocycles. The fraction of sp³-hybridized carbons (Fsp3) is 0.143. The maximum atomic E-state index is 6.04. The van der Waals surface area contributed by atoms with Crippen molar-refractivity contribution in [3.8, 4) is 0 Å². The van der Waals surface area contributed by atoms with Crippen molar-refractivity contribution >= 4 is 33.0 Å². The van der Waals surface area contributed by atoms with Gasteiger partial charge in [-0.1, -0.05) is 34.1 Å². The van der Waals surface area contributed by atoms with Crippen LogP contribution in [0, 0.1) is 0 Å². The lowest BCUT2D eigenvalue weighted by atomic mass is 10.2. The molecule has 2 N–H and O–H groups in total. The number of halogens is 1. The summed E-state index contributed by atoms with van der Waals surface area (Å²) in [5.41, 5.74) is 9.02. The molecule has 0 aliphatic rings. The number of anilines is 3. The molecule has 0 amide bonds. The number of rotatable bonds is 3. The van der Waals surface area contributed by atoms with Crippen molar-refractivity contribution in [3.05, 3.63) is 53.0 Å². The predicted molar refractivity (Wildman–Crippen MR) is 77.7 cm³/mol. The van der Waals surface area contributed by atoms with Crippen LogP contribution in [-0.4, -0.2) is 6.54 Å². The second-order valence-corrected chi connectivity index (χ2v) is 4.70. The smallest absolute Gasteiger partial charge is 0.0655 e. The van der Waals surface area contributed by atoms with E-state index in [1.807, 2.05) is 36.4 Å². The SMILES string of the molecule is CCN(c1ccccc1)c1cc(Br)ccc1N. The van der Waals surface area contributed by atoms with E-state index in [2.05, 4.69) is 39.9 Å². The summed E-state index contributed by atoms with van der Waals surface area (Å²) in [5.74, 6) is 0. The molecule has 0 radical (unpaired) electrons. The van der Waals surface area contributed by atoms with Crippen molar-refractivity contribution in [2.45, 2.75) is 6.92 Å². The van der Waals surface area contributed by atoms with E-state index in [4.69, 9.17) is 5.73 Å². The average Bonchev–Trinajstić information content (AvgIpc) is 2.36. The maximum Gasteiger partial charge on any atom is 0.0655 e. The van der Waals surface area contributed by atoms with E-state index in [0.29, 0.717) is 0 Å². The van der Waals surface area contributed by atoms with Crippen LogP contribution in [0.15, 0.2) is 53.0 Å². The number of hydrogen-bond acceptors (Lipinski definition) is 2. The number of para-hydroxylation sites is 1. The zero-order valence-electron chi connectivity index (χ0n) is 9.73. The minimum absolute atomic E-state index is 0.791. The molecule has 0 aromatic heterocycles. The first-order valence-electron chi connectivity index (χ1n) is 5.60. The lowest BCUT2D eigenvalue weighted by Crippen LogP contribution is -2.17. The summed E-state index contributed by atoms with van der Waals surface area (Å²) in [5, 5.41) is 0. The van der Waals surface area contributed by atoms with E-state index in [9.17, 15) is 0 Å². The van der Waals surface area contributed by atoms with Gasteiger partial charge in [0.1, 0.15) is 0 Å². The number of hydrogen-bond donors (Lipinski definition) is 1. The van der Waals surface area contributed by atoms with Crippen LogP contribution >= 0.6 is 15.9 Å². The third kappa shape index (κ3) is 2.61. The van der Waals surface area contributed by atoms with E-state index >= 15 is 0 Å². The maximum absolute atomic E-state index is 6.04. The van der Waals surface area contributed by atoms with Crippen LogP contribution in [0.5, 0.6) is 0 Å². The molecule has 0 atom stereocenters. The molecule has 0 heterocycles. The lowest BCUT2D eigenvalue weighted by Gasteiger charge is -2.25. The Morgan fingerprint density at radius 2 is 1.82 bits per heavy atom. The Morgan fingerprint density at radius 3 is 2.47 bits per heavy atom. The van der Waals surface area contributed by atoms with Gasteiger partial charge >= 0.3 is 0 Å². The van der Waals surface area contributed by atoms with Gasteiger partial charge in [0.15, 0.2) is 0 Å². The molecule has 0 bridgehead atoms. The third-order valence-electron chi connectivity index (χ3n) is 2.67. The van der Waals surface area contributed by atoms with Crippen LogP contribution in [0.4, 0.5) is 17.1 Å². The van der Waals surface area contributed by atoms with E-state index in [0.717, 1.165) is 28.1 Å². The number of nitrogens with zero attached hydrogens (tertiary/aromatic N) is 1. The molecule has 88 valence electrons. The molecule has 17 heavy (non-hydrogen) atoms. The molecule has 0 fully saturated rings. The zero-order valence-corrected chi connectivity index (χ0v) is 11.3. The monoisotopic (exact) mass is 290 g/mol. The minimum atomic E-state index is 0.791. The topological polar surface area (TPSA) is 29.3 Å². The third-order valence-corrected chi connectivity index (χ3v) is 3.16. The van der Waals surface area contributed by atoms with E-state index in [1.54, 1.807) is 0 Å². The number of nitrogens with two attached hydrogens (primary N) is 1. The fourth-order valence-corrected chi connectivity index (χ4v) is 2.20. The lowest BCUT2D eigenvalue weighted by molar-refractivity contribution is 1.02. The minimum Gasteiger partial charge on any atom is -0.397 e. The van der Waals surface area contributed by atoms with Gasteiger partial charge in [0.25, 0.3) is 0 Å². The Hall–Kier alpha value is -1.48. The number of nitrogen functional groups attached to an aromatic ring is 1. The van der Waals surface area contributed by atoms with Crippen LogP contribution in [0.3, 0.4) is 0 Å².